The first kappa shape index (κ1) is 24.0. The second-order valence-electron chi connectivity index (χ2n) is 10.4. The minimum absolute atomic E-state index is 0.271. The lowest BCUT2D eigenvalue weighted by Crippen LogP contribution is -2.26. The molecule has 0 radical (unpaired) electrons. The first-order chi connectivity index (χ1) is 14.7. The fourth-order valence-electron chi connectivity index (χ4n) is 5.06. The number of rotatable bonds is 5. The van der Waals surface area contributed by atoms with Crippen molar-refractivity contribution in [3.63, 3.8) is 0 Å². The summed E-state index contributed by atoms with van der Waals surface area (Å²) < 4.78 is 0. The Morgan fingerprint density at radius 2 is 1.68 bits per heavy atom. The molecule has 166 valence electrons. The zero-order valence-electron chi connectivity index (χ0n) is 20.6. The molecule has 0 bridgehead atoms. The minimum Gasteiger partial charge on any atom is -0.0984 e. The van der Waals surface area contributed by atoms with Gasteiger partial charge < -0.3 is 0 Å². The number of hydrogen-bond acceptors (Lipinski definition) is 0. The molecular formula is C30H41P. The van der Waals surface area contributed by atoms with E-state index in [1.807, 2.05) is 0 Å². The third-order valence-corrected chi connectivity index (χ3v) is 9.98. The van der Waals surface area contributed by atoms with Gasteiger partial charge in [0.05, 0.1) is 0 Å². The van der Waals surface area contributed by atoms with E-state index in [1.54, 1.807) is 0 Å². The van der Waals surface area contributed by atoms with Crippen LogP contribution < -0.4 is 5.30 Å². The summed E-state index contributed by atoms with van der Waals surface area (Å²) in [5.41, 5.74) is 6.91. The first-order valence-corrected chi connectivity index (χ1v) is 13.4. The van der Waals surface area contributed by atoms with Gasteiger partial charge >= 0.3 is 0 Å². The highest BCUT2D eigenvalue weighted by atomic mass is 31.1. The zero-order chi connectivity index (χ0) is 22.8. The summed E-state index contributed by atoms with van der Waals surface area (Å²) in [5.74, 6) is 0.968. The van der Waals surface area contributed by atoms with Crippen LogP contribution in [0.4, 0.5) is 0 Å². The molecule has 0 aromatic heterocycles. The van der Waals surface area contributed by atoms with Crippen molar-refractivity contribution in [2.45, 2.75) is 90.6 Å². The van der Waals surface area contributed by atoms with Gasteiger partial charge in [0.25, 0.3) is 0 Å². The molecule has 2 aromatic rings. The van der Waals surface area contributed by atoms with Crippen LogP contribution in [0.2, 0.25) is 0 Å². The maximum atomic E-state index is 4.65. The Balaban J connectivity index is 2.29. The maximum Gasteiger partial charge on any atom is -0.00702 e. The molecule has 0 N–H and O–H groups in total. The maximum absolute atomic E-state index is 4.65. The molecule has 0 nitrogen and oxygen atoms in total. The number of hydrogen-bond donors (Lipinski definition) is 0. The molecule has 1 fully saturated rings. The average Bonchev–Trinajstić information content (AvgIpc) is 2.71. The second kappa shape index (κ2) is 9.87. The Morgan fingerprint density at radius 3 is 2.32 bits per heavy atom. The standard InChI is InChI=1S/C30H41P/c1-9-24-19-25(21(2)3)20-27(22(4)5)29(24)26-16-12-13-17-28(26)31-23(6)15-11-10-14-18-30(31,7)8/h9,12-13,16-17,19-22H,1,6,10-11,14-15,18H2,2-5,7-8H3. The van der Waals surface area contributed by atoms with Crippen molar-refractivity contribution in [1.29, 1.82) is 0 Å². The van der Waals surface area contributed by atoms with E-state index in [9.17, 15) is 0 Å². The second-order valence-corrected chi connectivity index (χ2v) is 13.4. The third kappa shape index (κ3) is 5.06. The summed E-state index contributed by atoms with van der Waals surface area (Å²) in [6, 6.07) is 14.0. The van der Waals surface area contributed by atoms with Gasteiger partial charge in [-0.15, -0.1) is 0 Å². The van der Waals surface area contributed by atoms with Crippen molar-refractivity contribution in [2.75, 3.05) is 0 Å². The van der Waals surface area contributed by atoms with Gasteiger partial charge in [-0.2, -0.15) is 0 Å². The minimum atomic E-state index is -0.457. The summed E-state index contributed by atoms with van der Waals surface area (Å²) in [7, 11) is -0.457. The Bertz CT molecular complexity index is 945. The molecule has 0 aliphatic carbocycles. The summed E-state index contributed by atoms with van der Waals surface area (Å²) in [6.45, 7) is 23.0. The highest BCUT2D eigenvalue weighted by Crippen LogP contribution is 2.60. The third-order valence-electron chi connectivity index (χ3n) is 6.82. The summed E-state index contributed by atoms with van der Waals surface area (Å²) in [5, 5.41) is 3.25. The highest BCUT2D eigenvalue weighted by Gasteiger charge is 2.35. The summed E-state index contributed by atoms with van der Waals surface area (Å²) in [6.07, 6.45) is 8.47. The Hall–Kier alpha value is -1.65. The van der Waals surface area contributed by atoms with Gasteiger partial charge in [0, 0.05) is 0 Å². The van der Waals surface area contributed by atoms with E-state index in [1.165, 1.54) is 70.5 Å². The predicted octanol–water partition coefficient (Wildman–Crippen LogP) is 9.61. The van der Waals surface area contributed by atoms with Crippen LogP contribution in [-0.2, 0) is 0 Å². The molecule has 3 rings (SSSR count). The molecule has 1 unspecified atom stereocenters. The van der Waals surface area contributed by atoms with Crippen LogP contribution in [-0.4, -0.2) is 5.16 Å². The van der Waals surface area contributed by atoms with E-state index >= 15 is 0 Å². The number of allylic oxidation sites excluding steroid dienone is 1. The van der Waals surface area contributed by atoms with Crippen LogP contribution in [0, 0.1) is 0 Å². The molecule has 0 amide bonds. The van der Waals surface area contributed by atoms with Crippen LogP contribution >= 0.6 is 7.92 Å². The van der Waals surface area contributed by atoms with Crippen molar-refractivity contribution in [2.24, 2.45) is 0 Å². The predicted molar refractivity (Wildman–Crippen MR) is 143 cm³/mol. The summed E-state index contributed by atoms with van der Waals surface area (Å²) >= 11 is 0. The van der Waals surface area contributed by atoms with E-state index < -0.39 is 7.92 Å². The topological polar surface area (TPSA) is 0 Å². The molecule has 1 heteroatoms. The Morgan fingerprint density at radius 1 is 0.968 bits per heavy atom. The van der Waals surface area contributed by atoms with Crippen molar-refractivity contribution < 1.29 is 0 Å². The Kier molecular flexibility index (Phi) is 7.64. The largest absolute Gasteiger partial charge is 0.0984 e. The van der Waals surface area contributed by atoms with E-state index in [4.69, 9.17) is 0 Å². The molecule has 1 heterocycles. The number of benzene rings is 2. The summed E-state index contributed by atoms with van der Waals surface area (Å²) in [4.78, 5) is 0. The molecule has 0 saturated carbocycles. The molecular weight excluding hydrogens is 391 g/mol. The molecule has 2 aromatic carbocycles. The van der Waals surface area contributed by atoms with Gasteiger partial charge in [0.1, 0.15) is 0 Å². The van der Waals surface area contributed by atoms with E-state index in [0.29, 0.717) is 11.8 Å². The lowest BCUT2D eigenvalue weighted by molar-refractivity contribution is 0.548. The van der Waals surface area contributed by atoms with Crippen LogP contribution in [0.3, 0.4) is 0 Å². The molecule has 1 aliphatic heterocycles. The van der Waals surface area contributed by atoms with Crippen LogP contribution in [0.1, 0.15) is 102 Å². The van der Waals surface area contributed by atoms with Gasteiger partial charge in [-0.25, -0.2) is 0 Å². The van der Waals surface area contributed by atoms with Crippen molar-refractivity contribution in [3.05, 3.63) is 71.6 Å². The first-order valence-electron chi connectivity index (χ1n) is 12.0. The van der Waals surface area contributed by atoms with E-state index in [-0.39, 0.29) is 5.16 Å². The fraction of sp³-hybridized carbons (Fsp3) is 0.467. The highest BCUT2D eigenvalue weighted by molar-refractivity contribution is 7.71. The lowest BCUT2D eigenvalue weighted by Gasteiger charge is -2.40. The van der Waals surface area contributed by atoms with E-state index in [2.05, 4.69) is 97.2 Å². The smallest absolute Gasteiger partial charge is 0.00702 e. The monoisotopic (exact) mass is 432 g/mol. The average molecular weight is 433 g/mol. The van der Waals surface area contributed by atoms with Gasteiger partial charge in [0.15, 0.2) is 0 Å². The van der Waals surface area contributed by atoms with Crippen molar-refractivity contribution in [1.82, 2.24) is 0 Å². The molecule has 31 heavy (non-hydrogen) atoms. The fourth-order valence-corrected chi connectivity index (χ4v) is 8.34. The van der Waals surface area contributed by atoms with Gasteiger partial charge in [-0.05, 0) is 82.6 Å². The molecule has 0 spiro atoms. The molecule has 1 saturated heterocycles. The quantitative estimate of drug-likeness (QED) is 0.413. The zero-order valence-corrected chi connectivity index (χ0v) is 21.5. The van der Waals surface area contributed by atoms with Crippen LogP contribution in [0.5, 0.6) is 0 Å². The van der Waals surface area contributed by atoms with Crippen molar-refractivity contribution >= 4 is 19.3 Å². The van der Waals surface area contributed by atoms with Gasteiger partial charge in [-0.3, -0.25) is 0 Å². The molecule has 1 atom stereocenters. The van der Waals surface area contributed by atoms with Crippen molar-refractivity contribution in [3.8, 4) is 11.1 Å². The SMILES string of the molecule is C=Cc1cc(C(C)C)cc(C(C)C)c1-c1ccccc1P1C(=C)CCCCCC1(C)C. The molecule has 1 aliphatic rings. The Labute approximate surface area is 192 Å². The lowest BCUT2D eigenvalue weighted by atomic mass is 9.85. The van der Waals surface area contributed by atoms with Crippen LogP contribution in [0.25, 0.3) is 17.2 Å². The van der Waals surface area contributed by atoms with Crippen LogP contribution in [0.15, 0.2) is 54.9 Å². The van der Waals surface area contributed by atoms with E-state index in [0.717, 1.165) is 0 Å². The van der Waals surface area contributed by atoms with Gasteiger partial charge in [-0.1, -0.05) is 110 Å². The van der Waals surface area contributed by atoms with Gasteiger partial charge in [0.2, 0.25) is 0 Å². The normalized spacial score (nSPS) is 19.4.